The lowest BCUT2D eigenvalue weighted by molar-refractivity contribution is 0.321. The molecule has 0 fully saturated rings. The van der Waals surface area contributed by atoms with Crippen molar-refractivity contribution in [1.82, 2.24) is 4.98 Å². The Hall–Kier alpha value is -1.77. The minimum atomic E-state index is 0.500. The maximum Gasteiger partial charge on any atom is 0.132 e. The first-order valence-electron chi connectivity index (χ1n) is 5.09. The molecule has 0 spiro atoms. The van der Waals surface area contributed by atoms with Crippen LogP contribution in [0.4, 0.5) is 5.82 Å². The summed E-state index contributed by atoms with van der Waals surface area (Å²) in [5.74, 6) is 1.32. The molecule has 0 saturated carbocycles. The van der Waals surface area contributed by atoms with E-state index in [1.165, 1.54) is 0 Å². The maximum atomic E-state index is 5.71. The Morgan fingerprint density at radius 1 is 1.33 bits per heavy atom. The van der Waals surface area contributed by atoms with Crippen LogP contribution in [0.15, 0.2) is 30.3 Å². The van der Waals surface area contributed by atoms with Crippen molar-refractivity contribution in [3.05, 3.63) is 30.3 Å². The van der Waals surface area contributed by atoms with E-state index in [-0.39, 0.29) is 0 Å². The van der Waals surface area contributed by atoms with Gasteiger partial charge in [0.25, 0.3) is 0 Å². The molecule has 2 rings (SSSR count). The Bertz CT molecular complexity index is 468. The van der Waals surface area contributed by atoms with Gasteiger partial charge in [-0.05, 0) is 18.6 Å². The largest absolute Gasteiger partial charge is 0.493 e. The van der Waals surface area contributed by atoms with Crippen molar-refractivity contribution in [2.45, 2.75) is 13.3 Å². The molecule has 3 heteroatoms. The molecular formula is C12H14N2O. The number of nitrogen functional groups attached to an aromatic ring is 1. The molecule has 2 N–H and O–H groups in total. The molecule has 1 aromatic heterocycles. The number of nitrogens with zero attached hydrogens (tertiary/aromatic N) is 1. The van der Waals surface area contributed by atoms with Crippen LogP contribution in [-0.2, 0) is 0 Å². The van der Waals surface area contributed by atoms with Gasteiger partial charge < -0.3 is 10.5 Å². The smallest absolute Gasteiger partial charge is 0.132 e. The van der Waals surface area contributed by atoms with Crippen LogP contribution in [0.2, 0.25) is 0 Å². The first-order chi connectivity index (χ1) is 7.31. The average molecular weight is 202 g/mol. The van der Waals surface area contributed by atoms with Crippen molar-refractivity contribution in [2.75, 3.05) is 12.3 Å². The lowest BCUT2D eigenvalue weighted by atomic mass is 10.2. The van der Waals surface area contributed by atoms with E-state index in [0.717, 1.165) is 23.1 Å². The molecule has 2 aromatic rings. The number of anilines is 1. The summed E-state index contributed by atoms with van der Waals surface area (Å²) in [6.07, 6.45) is 0.983. The number of hydrogen-bond donors (Lipinski definition) is 1. The molecule has 78 valence electrons. The number of hydrogen-bond acceptors (Lipinski definition) is 3. The standard InChI is InChI=1S/C12H14N2O/c1-2-7-15-11-8-12(13)14-10-6-4-3-5-9(10)11/h3-6,8H,2,7H2,1H3,(H2,13,14). The SMILES string of the molecule is CCCOc1cc(N)nc2ccccc12. The summed E-state index contributed by atoms with van der Waals surface area (Å²) in [5.41, 5.74) is 6.58. The minimum absolute atomic E-state index is 0.500. The zero-order valence-corrected chi connectivity index (χ0v) is 8.73. The molecule has 0 amide bonds. The van der Waals surface area contributed by atoms with Crippen LogP contribution in [-0.4, -0.2) is 11.6 Å². The van der Waals surface area contributed by atoms with E-state index >= 15 is 0 Å². The number of rotatable bonds is 3. The second kappa shape index (κ2) is 4.17. The highest BCUT2D eigenvalue weighted by Crippen LogP contribution is 2.26. The van der Waals surface area contributed by atoms with Gasteiger partial charge in [-0.15, -0.1) is 0 Å². The fourth-order valence-electron chi connectivity index (χ4n) is 1.49. The molecule has 0 aliphatic heterocycles. The number of pyridine rings is 1. The van der Waals surface area contributed by atoms with Crippen LogP contribution < -0.4 is 10.5 Å². The van der Waals surface area contributed by atoms with E-state index in [9.17, 15) is 0 Å². The first-order valence-corrected chi connectivity index (χ1v) is 5.09. The third-order valence-corrected chi connectivity index (χ3v) is 2.16. The van der Waals surface area contributed by atoms with Gasteiger partial charge in [0, 0.05) is 11.5 Å². The number of benzene rings is 1. The molecule has 0 saturated heterocycles. The van der Waals surface area contributed by atoms with E-state index in [1.54, 1.807) is 6.07 Å². The highest BCUT2D eigenvalue weighted by Gasteiger charge is 2.03. The van der Waals surface area contributed by atoms with Crippen molar-refractivity contribution < 1.29 is 4.74 Å². The second-order valence-electron chi connectivity index (χ2n) is 3.41. The number of aromatic nitrogens is 1. The molecule has 15 heavy (non-hydrogen) atoms. The van der Waals surface area contributed by atoms with Gasteiger partial charge in [0.15, 0.2) is 0 Å². The van der Waals surface area contributed by atoms with E-state index in [0.29, 0.717) is 12.4 Å². The Morgan fingerprint density at radius 2 is 2.13 bits per heavy atom. The predicted octanol–water partition coefficient (Wildman–Crippen LogP) is 2.61. The summed E-state index contributed by atoms with van der Waals surface area (Å²) in [5, 5.41) is 1.01. The van der Waals surface area contributed by atoms with Crippen LogP contribution in [0.25, 0.3) is 10.9 Å². The molecule has 1 aromatic carbocycles. The Balaban J connectivity index is 2.50. The van der Waals surface area contributed by atoms with Gasteiger partial charge in [0.2, 0.25) is 0 Å². The third kappa shape index (κ3) is 2.01. The molecule has 0 radical (unpaired) electrons. The number of fused-ring (bicyclic) bond motifs is 1. The van der Waals surface area contributed by atoms with Crippen LogP contribution in [0.5, 0.6) is 5.75 Å². The molecule has 0 unspecified atom stereocenters. The lowest BCUT2D eigenvalue weighted by Crippen LogP contribution is -1.98. The van der Waals surface area contributed by atoms with Gasteiger partial charge in [-0.3, -0.25) is 0 Å². The van der Waals surface area contributed by atoms with Gasteiger partial charge in [0.05, 0.1) is 12.1 Å². The summed E-state index contributed by atoms with van der Waals surface area (Å²) >= 11 is 0. The van der Waals surface area contributed by atoms with E-state index < -0.39 is 0 Å². The van der Waals surface area contributed by atoms with Gasteiger partial charge in [-0.25, -0.2) is 4.98 Å². The van der Waals surface area contributed by atoms with Crippen molar-refractivity contribution in [1.29, 1.82) is 0 Å². The molecule has 0 bridgehead atoms. The maximum absolute atomic E-state index is 5.71. The highest BCUT2D eigenvalue weighted by atomic mass is 16.5. The first kappa shape index (κ1) is 9.77. The summed E-state index contributed by atoms with van der Waals surface area (Å²) in [6, 6.07) is 9.62. The molecular weight excluding hydrogens is 188 g/mol. The van der Waals surface area contributed by atoms with E-state index in [2.05, 4.69) is 11.9 Å². The quantitative estimate of drug-likeness (QED) is 0.832. The van der Waals surface area contributed by atoms with Gasteiger partial charge in [-0.2, -0.15) is 0 Å². The number of para-hydroxylation sites is 1. The number of ether oxygens (including phenoxy) is 1. The van der Waals surface area contributed by atoms with E-state index in [4.69, 9.17) is 10.5 Å². The zero-order chi connectivity index (χ0) is 10.7. The van der Waals surface area contributed by atoms with Gasteiger partial charge in [0.1, 0.15) is 11.6 Å². The molecule has 1 heterocycles. The average Bonchev–Trinajstić information content (AvgIpc) is 2.25. The van der Waals surface area contributed by atoms with Crippen molar-refractivity contribution >= 4 is 16.7 Å². The van der Waals surface area contributed by atoms with Crippen LogP contribution in [0, 0.1) is 0 Å². The van der Waals surface area contributed by atoms with Crippen LogP contribution in [0.1, 0.15) is 13.3 Å². The lowest BCUT2D eigenvalue weighted by Gasteiger charge is -2.08. The monoisotopic (exact) mass is 202 g/mol. The van der Waals surface area contributed by atoms with Gasteiger partial charge >= 0.3 is 0 Å². The fourth-order valence-corrected chi connectivity index (χ4v) is 1.49. The van der Waals surface area contributed by atoms with Crippen molar-refractivity contribution in [3.8, 4) is 5.75 Å². The third-order valence-electron chi connectivity index (χ3n) is 2.16. The summed E-state index contributed by atoms with van der Waals surface area (Å²) < 4.78 is 5.63. The zero-order valence-electron chi connectivity index (χ0n) is 8.73. The molecule has 0 atom stereocenters. The van der Waals surface area contributed by atoms with Gasteiger partial charge in [-0.1, -0.05) is 19.1 Å². The predicted molar refractivity (Wildman–Crippen MR) is 61.9 cm³/mol. The van der Waals surface area contributed by atoms with Crippen LogP contribution >= 0.6 is 0 Å². The second-order valence-corrected chi connectivity index (χ2v) is 3.41. The minimum Gasteiger partial charge on any atom is -0.493 e. The highest BCUT2D eigenvalue weighted by molar-refractivity contribution is 5.86. The molecule has 0 aliphatic carbocycles. The van der Waals surface area contributed by atoms with Crippen molar-refractivity contribution in [2.24, 2.45) is 0 Å². The fraction of sp³-hybridized carbons (Fsp3) is 0.250. The van der Waals surface area contributed by atoms with Crippen LogP contribution in [0.3, 0.4) is 0 Å². The Morgan fingerprint density at radius 3 is 2.93 bits per heavy atom. The molecule has 0 aliphatic rings. The van der Waals surface area contributed by atoms with E-state index in [1.807, 2.05) is 24.3 Å². The summed E-state index contributed by atoms with van der Waals surface area (Å²) in [6.45, 7) is 2.78. The summed E-state index contributed by atoms with van der Waals surface area (Å²) in [4.78, 5) is 4.24. The Kier molecular flexibility index (Phi) is 2.72. The molecule has 3 nitrogen and oxygen atoms in total. The normalized spacial score (nSPS) is 10.5. The topological polar surface area (TPSA) is 48.1 Å². The Labute approximate surface area is 88.9 Å². The van der Waals surface area contributed by atoms with Crippen molar-refractivity contribution in [3.63, 3.8) is 0 Å². The summed E-state index contributed by atoms with van der Waals surface area (Å²) in [7, 11) is 0. The number of nitrogens with two attached hydrogens (primary N) is 1.